The van der Waals surface area contributed by atoms with Crippen LogP contribution in [0.3, 0.4) is 0 Å². The Morgan fingerprint density at radius 1 is 1.05 bits per heavy atom. The fraction of sp³-hybridized carbons (Fsp3) is 0. The van der Waals surface area contributed by atoms with Crippen LogP contribution in [0.5, 0.6) is 5.75 Å². The van der Waals surface area contributed by atoms with E-state index in [4.69, 9.17) is 14.9 Å². The molecule has 0 fully saturated rings. The lowest BCUT2D eigenvalue weighted by Crippen LogP contribution is -1.83. The molecule has 1 heterocycles. The topological polar surface area (TPSA) is 93.8 Å². The average molecular weight is 261 g/mol. The lowest BCUT2D eigenvalue weighted by molar-refractivity contribution is 0.474. The first kappa shape index (κ1) is 11.8. The van der Waals surface area contributed by atoms with Crippen molar-refractivity contribution in [3.63, 3.8) is 0 Å². The third kappa shape index (κ3) is 1.75. The SMILES string of the molecule is N#Cc1cc2nc(-c3ccccc3O)oc2cc1C#N. The van der Waals surface area contributed by atoms with Gasteiger partial charge in [0.15, 0.2) is 5.58 Å². The monoisotopic (exact) mass is 261 g/mol. The van der Waals surface area contributed by atoms with Gasteiger partial charge in [0.05, 0.1) is 16.7 Å². The number of phenols is 1. The van der Waals surface area contributed by atoms with Crippen LogP contribution < -0.4 is 0 Å². The molecule has 0 bridgehead atoms. The molecule has 0 aliphatic carbocycles. The first-order valence-corrected chi connectivity index (χ1v) is 5.76. The van der Waals surface area contributed by atoms with Crippen LogP contribution in [0.1, 0.15) is 11.1 Å². The number of benzene rings is 2. The predicted octanol–water partition coefficient (Wildman–Crippen LogP) is 2.94. The van der Waals surface area contributed by atoms with Crippen molar-refractivity contribution in [2.75, 3.05) is 0 Å². The van der Waals surface area contributed by atoms with Crippen molar-refractivity contribution in [3.05, 3.63) is 47.5 Å². The average Bonchev–Trinajstić information content (AvgIpc) is 2.88. The minimum Gasteiger partial charge on any atom is -0.507 e. The summed E-state index contributed by atoms with van der Waals surface area (Å²) >= 11 is 0. The molecule has 0 saturated carbocycles. The summed E-state index contributed by atoms with van der Waals surface area (Å²) < 4.78 is 5.55. The molecule has 0 amide bonds. The van der Waals surface area contributed by atoms with Gasteiger partial charge in [-0.05, 0) is 18.2 Å². The van der Waals surface area contributed by atoms with Crippen LogP contribution in [0.4, 0.5) is 0 Å². The molecule has 0 atom stereocenters. The Morgan fingerprint density at radius 2 is 1.75 bits per heavy atom. The fourth-order valence-electron chi connectivity index (χ4n) is 1.93. The zero-order chi connectivity index (χ0) is 14.1. The Bertz CT molecular complexity index is 847. The van der Waals surface area contributed by atoms with E-state index in [0.717, 1.165) is 0 Å². The highest BCUT2D eigenvalue weighted by atomic mass is 16.3. The van der Waals surface area contributed by atoms with E-state index in [0.29, 0.717) is 16.7 Å². The van der Waals surface area contributed by atoms with Crippen molar-refractivity contribution in [1.29, 1.82) is 10.5 Å². The van der Waals surface area contributed by atoms with Gasteiger partial charge >= 0.3 is 0 Å². The van der Waals surface area contributed by atoms with Gasteiger partial charge in [-0.3, -0.25) is 0 Å². The smallest absolute Gasteiger partial charge is 0.231 e. The maximum atomic E-state index is 9.79. The predicted molar refractivity (Wildman–Crippen MR) is 70.5 cm³/mol. The number of phenolic OH excluding ortho intramolecular Hbond substituents is 1. The first-order valence-electron chi connectivity index (χ1n) is 5.76. The normalized spacial score (nSPS) is 10.1. The molecular weight excluding hydrogens is 254 g/mol. The van der Waals surface area contributed by atoms with Gasteiger partial charge in [0.1, 0.15) is 23.4 Å². The van der Waals surface area contributed by atoms with Gasteiger partial charge in [0.25, 0.3) is 0 Å². The first-order chi connectivity index (χ1) is 9.72. The summed E-state index contributed by atoms with van der Waals surface area (Å²) in [5.41, 5.74) is 1.82. The quantitative estimate of drug-likeness (QED) is 0.726. The number of aromatic hydroxyl groups is 1. The molecule has 1 N–H and O–H groups in total. The molecular formula is C15H7N3O2. The lowest BCUT2D eigenvalue weighted by atomic mass is 10.1. The van der Waals surface area contributed by atoms with E-state index in [9.17, 15) is 5.11 Å². The summed E-state index contributed by atoms with van der Waals surface area (Å²) in [6.07, 6.45) is 0. The summed E-state index contributed by atoms with van der Waals surface area (Å²) in [6, 6.07) is 13.5. The maximum absolute atomic E-state index is 9.79. The van der Waals surface area contributed by atoms with Crippen LogP contribution in [-0.4, -0.2) is 10.1 Å². The van der Waals surface area contributed by atoms with Gasteiger partial charge in [-0.25, -0.2) is 4.98 Å². The number of rotatable bonds is 1. The van der Waals surface area contributed by atoms with Crippen LogP contribution in [0.2, 0.25) is 0 Å². The van der Waals surface area contributed by atoms with Gasteiger partial charge in [-0.2, -0.15) is 10.5 Å². The molecule has 0 aliphatic rings. The number of para-hydroxylation sites is 1. The lowest BCUT2D eigenvalue weighted by Gasteiger charge is -1.97. The molecule has 3 aromatic rings. The zero-order valence-corrected chi connectivity index (χ0v) is 10.2. The highest BCUT2D eigenvalue weighted by molar-refractivity contribution is 5.80. The summed E-state index contributed by atoms with van der Waals surface area (Å²) in [7, 11) is 0. The van der Waals surface area contributed by atoms with Crippen molar-refractivity contribution in [1.82, 2.24) is 4.98 Å². The number of nitriles is 2. The Kier molecular flexibility index (Phi) is 2.60. The zero-order valence-electron chi connectivity index (χ0n) is 10.2. The molecule has 1 aromatic heterocycles. The van der Waals surface area contributed by atoms with Gasteiger partial charge in [0, 0.05) is 6.07 Å². The van der Waals surface area contributed by atoms with E-state index in [-0.39, 0.29) is 22.8 Å². The van der Waals surface area contributed by atoms with Crippen molar-refractivity contribution in [2.24, 2.45) is 0 Å². The number of nitrogens with zero attached hydrogens (tertiary/aromatic N) is 3. The second-order valence-corrected chi connectivity index (χ2v) is 4.13. The number of hydrogen-bond acceptors (Lipinski definition) is 5. The van der Waals surface area contributed by atoms with E-state index >= 15 is 0 Å². The van der Waals surface area contributed by atoms with E-state index in [2.05, 4.69) is 4.98 Å². The molecule has 0 unspecified atom stereocenters. The van der Waals surface area contributed by atoms with Crippen LogP contribution in [0, 0.1) is 22.7 Å². The van der Waals surface area contributed by atoms with Crippen LogP contribution in [0.25, 0.3) is 22.6 Å². The molecule has 2 aromatic carbocycles. The highest BCUT2D eigenvalue weighted by Crippen LogP contribution is 2.31. The van der Waals surface area contributed by atoms with Crippen LogP contribution in [-0.2, 0) is 0 Å². The minimum absolute atomic E-state index is 0.0556. The highest BCUT2D eigenvalue weighted by Gasteiger charge is 2.14. The van der Waals surface area contributed by atoms with Gasteiger partial charge < -0.3 is 9.52 Å². The summed E-state index contributed by atoms with van der Waals surface area (Å²) in [5, 5.41) is 27.7. The molecule has 0 spiro atoms. The van der Waals surface area contributed by atoms with E-state index < -0.39 is 0 Å². The molecule has 5 nitrogen and oxygen atoms in total. The largest absolute Gasteiger partial charge is 0.507 e. The van der Waals surface area contributed by atoms with E-state index in [1.54, 1.807) is 18.2 Å². The molecule has 0 aliphatic heterocycles. The van der Waals surface area contributed by atoms with E-state index in [1.807, 2.05) is 12.1 Å². The van der Waals surface area contributed by atoms with E-state index in [1.165, 1.54) is 18.2 Å². The molecule has 0 radical (unpaired) electrons. The summed E-state index contributed by atoms with van der Waals surface area (Å²) in [5.74, 6) is 0.303. The number of aromatic nitrogens is 1. The van der Waals surface area contributed by atoms with Gasteiger partial charge in [0.2, 0.25) is 5.89 Å². The molecule has 3 rings (SSSR count). The third-order valence-corrected chi connectivity index (χ3v) is 2.90. The minimum atomic E-state index is 0.0556. The van der Waals surface area contributed by atoms with Crippen molar-refractivity contribution < 1.29 is 9.52 Å². The Labute approximate surface area is 113 Å². The van der Waals surface area contributed by atoms with Gasteiger partial charge in [-0.15, -0.1) is 0 Å². The molecule has 5 heteroatoms. The van der Waals surface area contributed by atoms with Crippen LogP contribution in [0.15, 0.2) is 40.8 Å². The second kappa shape index (κ2) is 4.42. The number of hydrogen-bond donors (Lipinski definition) is 1. The maximum Gasteiger partial charge on any atom is 0.231 e. The Hall–Kier alpha value is -3.31. The molecule has 20 heavy (non-hydrogen) atoms. The number of fused-ring (bicyclic) bond motifs is 1. The summed E-state index contributed by atoms with van der Waals surface area (Å²) in [6.45, 7) is 0. The van der Waals surface area contributed by atoms with Gasteiger partial charge in [-0.1, -0.05) is 12.1 Å². The van der Waals surface area contributed by atoms with Crippen LogP contribution >= 0.6 is 0 Å². The Balaban J connectivity index is 2.25. The number of oxazole rings is 1. The Morgan fingerprint density at radius 3 is 2.45 bits per heavy atom. The molecule has 0 saturated heterocycles. The van der Waals surface area contributed by atoms with Crippen molar-refractivity contribution in [3.8, 4) is 29.3 Å². The fourth-order valence-corrected chi connectivity index (χ4v) is 1.93. The van der Waals surface area contributed by atoms with Crippen molar-refractivity contribution >= 4 is 11.1 Å². The molecule has 94 valence electrons. The standard InChI is InChI=1S/C15H7N3O2/c16-7-9-5-12-14(6-10(9)8-17)20-15(18-12)11-3-1-2-4-13(11)19/h1-6,19H. The third-order valence-electron chi connectivity index (χ3n) is 2.90. The second-order valence-electron chi connectivity index (χ2n) is 4.13. The van der Waals surface area contributed by atoms with Crippen molar-refractivity contribution in [2.45, 2.75) is 0 Å². The summed E-state index contributed by atoms with van der Waals surface area (Å²) in [4.78, 5) is 4.24.